The number of halogens is 2. The van der Waals surface area contributed by atoms with E-state index in [2.05, 4.69) is 10.0 Å². The normalized spacial score (nSPS) is 11.4. The Morgan fingerprint density at radius 1 is 0.667 bits per heavy atom. The molecule has 0 saturated carbocycles. The Hall–Kier alpha value is -4.56. The van der Waals surface area contributed by atoms with Crippen LogP contribution in [0.25, 0.3) is 21.5 Å². The summed E-state index contributed by atoms with van der Waals surface area (Å²) in [6.45, 7) is 0. The minimum atomic E-state index is -3.95. The summed E-state index contributed by atoms with van der Waals surface area (Å²) in [5, 5.41) is 6.92. The second kappa shape index (κ2) is 11.4. The maximum atomic E-state index is 13.5. The first-order valence-corrected chi connectivity index (χ1v) is 15.1. The number of anilines is 2. The van der Waals surface area contributed by atoms with E-state index in [1.807, 2.05) is 54.6 Å². The summed E-state index contributed by atoms with van der Waals surface area (Å²) in [4.78, 5) is 13.6. The van der Waals surface area contributed by atoms with E-state index < -0.39 is 15.9 Å². The third-order valence-corrected chi connectivity index (χ3v) is 8.73. The lowest BCUT2D eigenvalue weighted by Gasteiger charge is -2.15. The third kappa shape index (κ3) is 5.63. The summed E-state index contributed by atoms with van der Waals surface area (Å²) in [5.41, 5.74) is 0.687. The van der Waals surface area contributed by atoms with E-state index in [0.717, 1.165) is 21.5 Å². The highest BCUT2D eigenvalue weighted by Crippen LogP contribution is 2.38. The Labute approximate surface area is 252 Å². The molecule has 2 N–H and O–H groups in total. The minimum absolute atomic E-state index is 0.0819. The van der Waals surface area contributed by atoms with Gasteiger partial charge in [0.05, 0.1) is 26.2 Å². The molecule has 6 rings (SSSR count). The largest absolute Gasteiger partial charge is 0.454 e. The average Bonchev–Trinajstić information content (AvgIpc) is 3.00. The van der Waals surface area contributed by atoms with Gasteiger partial charge in [0.2, 0.25) is 0 Å². The summed E-state index contributed by atoms with van der Waals surface area (Å²) in [5.74, 6) is 0.281. The van der Waals surface area contributed by atoms with Gasteiger partial charge in [0.25, 0.3) is 15.9 Å². The fourth-order valence-electron chi connectivity index (χ4n) is 4.59. The van der Waals surface area contributed by atoms with Gasteiger partial charge in [0, 0.05) is 11.1 Å². The van der Waals surface area contributed by atoms with Gasteiger partial charge in [-0.05, 0) is 64.7 Å². The van der Waals surface area contributed by atoms with Gasteiger partial charge in [0.15, 0.2) is 0 Å². The van der Waals surface area contributed by atoms with Crippen molar-refractivity contribution in [3.05, 3.63) is 137 Å². The number of hydrogen-bond acceptors (Lipinski definition) is 4. The van der Waals surface area contributed by atoms with Crippen molar-refractivity contribution >= 4 is 72.1 Å². The molecule has 6 aromatic rings. The van der Waals surface area contributed by atoms with Crippen molar-refractivity contribution in [1.82, 2.24) is 0 Å². The third-order valence-electron chi connectivity index (χ3n) is 6.67. The summed E-state index contributed by atoms with van der Waals surface area (Å²) in [6.07, 6.45) is 0. The van der Waals surface area contributed by atoms with Gasteiger partial charge in [-0.2, -0.15) is 0 Å². The van der Waals surface area contributed by atoms with E-state index in [0.29, 0.717) is 22.2 Å². The van der Waals surface area contributed by atoms with Gasteiger partial charge >= 0.3 is 0 Å². The molecule has 42 heavy (non-hydrogen) atoms. The smallest absolute Gasteiger partial charge is 0.261 e. The Morgan fingerprint density at radius 2 is 1.31 bits per heavy atom. The number of hydrogen-bond donors (Lipinski definition) is 2. The average molecular weight is 614 g/mol. The molecule has 0 aliphatic rings. The molecule has 0 aromatic heterocycles. The topological polar surface area (TPSA) is 84.5 Å². The van der Waals surface area contributed by atoms with Crippen LogP contribution in [0, 0.1) is 0 Å². The molecule has 1 amide bonds. The molecule has 6 aromatic carbocycles. The zero-order valence-corrected chi connectivity index (χ0v) is 24.2. The van der Waals surface area contributed by atoms with Crippen LogP contribution >= 0.6 is 23.2 Å². The van der Waals surface area contributed by atoms with Crippen molar-refractivity contribution in [2.24, 2.45) is 0 Å². The molecule has 9 heteroatoms. The zero-order valence-electron chi connectivity index (χ0n) is 21.8. The number of nitrogens with one attached hydrogen (secondary N) is 2. The highest BCUT2D eigenvalue weighted by Gasteiger charge is 2.20. The van der Waals surface area contributed by atoms with Crippen LogP contribution in [0.4, 0.5) is 11.4 Å². The number of carbonyl (C=O) groups excluding carboxylic acids is 1. The molecule has 0 saturated heterocycles. The molecule has 6 nitrogen and oxygen atoms in total. The predicted octanol–water partition coefficient (Wildman–Crippen LogP) is 9.15. The van der Waals surface area contributed by atoms with Crippen molar-refractivity contribution in [2.45, 2.75) is 4.90 Å². The Balaban J connectivity index is 1.28. The first kappa shape index (κ1) is 27.6. The zero-order chi connectivity index (χ0) is 29.3. The molecule has 0 heterocycles. The molecule has 0 bridgehead atoms. The first-order chi connectivity index (χ1) is 20.3. The van der Waals surface area contributed by atoms with Crippen molar-refractivity contribution in [1.29, 1.82) is 0 Å². The van der Waals surface area contributed by atoms with Crippen molar-refractivity contribution in [3.63, 3.8) is 0 Å². The van der Waals surface area contributed by atoms with Gasteiger partial charge in [-0.15, -0.1) is 0 Å². The van der Waals surface area contributed by atoms with Crippen LogP contribution in [0.3, 0.4) is 0 Å². The van der Waals surface area contributed by atoms with Crippen LogP contribution in [0.1, 0.15) is 10.4 Å². The lowest BCUT2D eigenvalue weighted by molar-refractivity contribution is 0.102. The highest BCUT2D eigenvalue weighted by molar-refractivity contribution is 7.92. The molecule has 0 aliphatic heterocycles. The number of fused-ring (bicyclic) bond motifs is 2. The Morgan fingerprint density at radius 3 is 2.05 bits per heavy atom. The predicted molar refractivity (Wildman–Crippen MR) is 170 cm³/mol. The first-order valence-electron chi connectivity index (χ1n) is 12.9. The summed E-state index contributed by atoms with van der Waals surface area (Å²) in [6, 6.07) is 34.8. The number of sulfonamides is 1. The molecule has 208 valence electrons. The Bertz CT molecular complexity index is 2080. The van der Waals surface area contributed by atoms with Gasteiger partial charge < -0.3 is 10.1 Å². The highest BCUT2D eigenvalue weighted by atomic mass is 35.5. The molecule has 0 atom stereocenters. The van der Waals surface area contributed by atoms with Gasteiger partial charge in [0.1, 0.15) is 11.5 Å². The molecular formula is C33H22Cl2N2O4S. The van der Waals surface area contributed by atoms with Gasteiger partial charge in [-0.25, -0.2) is 8.42 Å². The van der Waals surface area contributed by atoms with E-state index in [1.54, 1.807) is 54.6 Å². The Kier molecular flexibility index (Phi) is 7.47. The van der Waals surface area contributed by atoms with E-state index in [-0.39, 0.29) is 21.2 Å². The number of rotatable bonds is 7. The van der Waals surface area contributed by atoms with Crippen molar-refractivity contribution in [3.8, 4) is 11.5 Å². The SMILES string of the molecule is O=C(Nc1ccc(Oc2ccc3ccccc3c2Cl)c(Cl)c1)c1cc2ccccc2cc1NS(=O)(=O)c1ccccc1. The van der Waals surface area contributed by atoms with Crippen LogP contribution in [0.2, 0.25) is 10.0 Å². The minimum Gasteiger partial charge on any atom is -0.454 e. The second-order valence-corrected chi connectivity index (χ2v) is 11.9. The standard InChI is InChI=1S/C33H22Cl2N2O4S/c34-28-20-24(15-17-30(28)41-31-16-14-21-8-6-7-13-26(21)32(31)35)36-33(38)27-18-22-9-4-5-10-23(22)19-29(27)37-42(39,40)25-11-2-1-3-12-25/h1-20,37H,(H,36,38). The van der Waals surface area contributed by atoms with E-state index in [4.69, 9.17) is 27.9 Å². The monoisotopic (exact) mass is 612 g/mol. The molecule has 0 radical (unpaired) electrons. The quantitative estimate of drug-likeness (QED) is 0.188. The number of ether oxygens (including phenoxy) is 1. The van der Waals surface area contributed by atoms with Gasteiger partial charge in [-0.3, -0.25) is 9.52 Å². The maximum Gasteiger partial charge on any atom is 0.261 e. The second-order valence-electron chi connectivity index (χ2n) is 9.46. The number of benzene rings is 6. The summed E-state index contributed by atoms with van der Waals surface area (Å²) < 4.78 is 34.8. The summed E-state index contributed by atoms with van der Waals surface area (Å²) in [7, 11) is -3.95. The lowest BCUT2D eigenvalue weighted by atomic mass is 10.0. The number of carbonyl (C=O) groups is 1. The molecule has 0 fully saturated rings. The molecule has 0 aliphatic carbocycles. The van der Waals surface area contributed by atoms with Crippen LogP contribution in [-0.2, 0) is 10.0 Å². The number of amides is 1. The molecular weight excluding hydrogens is 591 g/mol. The van der Waals surface area contributed by atoms with Crippen LogP contribution in [-0.4, -0.2) is 14.3 Å². The molecule has 0 unspecified atom stereocenters. The van der Waals surface area contributed by atoms with Crippen LogP contribution < -0.4 is 14.8 Å². The van der Waals surface area contributed by atoms with E-state index in [1.165, 1.54) is 12.1 Å². The van der Waals surface area contributed by atoms with Crippen LogP contribution in [0.15, 0.2) is 126 Å². The summed E-state index contributed by atoms with van der Waals surface area (Å²) >= 11 is 13.1. The molecule has 0 spiro atoms. The van der Waals surface area contributed by atoms with Crippen molar-refractivity contribution in [2.75, 3.05) is 10.0 Å². The van der Waals surface area contributed by atoms with Crippen molar-refractivity contribution < 1.29 is 17.9 Å². The maximum absolute atomic E-state index is 13.5. The van der Waals surface area contributed by atoms with E-state index >= 15 is 0 Å². The van der Waals surface area contributed by atoms with Gasteiger partial charge in [-0.1, -0.05) is 96.0 Å². The fourth-order valence-corrected chi connectivity index (χ4v) is 6.17. The van der Waals surface area contributed by atoms with E-state index in [9.17, 15) is 13.2 Å². The lowest BCUT2D eigenvalue weighted by Crippen LogP contribution is -2.18. The van der Waals surface area contributed by atoms with Crippen LogP contribution in [0.5, 0.6) is 11.5 Å². The fraction of sp³-hybridized carbons (Fsp3) is 0.